The second kappa shape index (κ2) is 5.18. The van der Waals surface area contributed by atoms with Gasteiger partial charge >= 0.3 is 5.97 Å². The number of aromatic amines is 1. The van der Waals surface area contributed by atoms with Crippen LogP contribution in [0.3, 0.4) is 0 Å². The summed E-state index contributed by atoms with van der Waals surface area (Å²) in [6, 6.07) is 5.56. The molecule has 1 aromatic carbocycles. The van der Waals surface area contributed by atoms with E-state index in [0.717, 1.165) is 16.6 Å². The van der Waals surface area contributed by atoms with Crippen LogP contribution in [0.25, 0.3) is 10.9 Å². The fourth-order valence-electron chi connectivity index (χ4n) is 1.84. The summed E-state index contributed by atoms with van der Waals surface area (Å²) in [7, 11) is 0. The molecule has 0 spiro atoms. The molecule has 0 aliphatic carbocycles. The van der Waals surface area contributed by atoms with Gasteiger partial charge in [0.25, 0.3) is 0 Å². The molecule has 0 radical (unpaired) electrons. The van der Waals surface area contributed by atoms with Gasteiger partial charge in [0.1, 0.15) is 11.9 Å². The standard InChI is InChI=1S/C13H15FN2O2/c1-2-18-13(17)11(15)7-10-6-8-5-9(14)3-4-12(8)16-10/h3-6,11,16H,2,7,15H2,1H3/t11-/m1/s1. The summed E-state index contributed by atoms with van der Waals surface area (Å²) in [6.45, 7) is 2.04. The van der Waals surface area contributed by atoms with Gasteiger partial charge in [-0.05, 0) is 31.2 Å². The highest BCUT2D eigenvalue weighted by Crippen LogP contribution is 2.17. The van der Waals surface area contributed by atoms with Crippen molar-refractivity contribution in [3.63, 3.8) is 0 Å². The van der Waals surface area contributed by atoms with Crippen molar-refractivity contribution in [2.45, 2.75) is 19.4 Å². The number of carbonyl (C=O) groups excluding carboxylic acids is 1. The maximum absolute atomic E-state index is 13.0. The number of nitrogens with two attached hydrogens (primary N) is 1. The summed E-state index contributed by atoms with van der Waals surface area (Å²) in [5.74, 6) is -0.718. The first-order valence-electron chi connectivity index (χ1n) is 5.79. The van der Waals surface area contributed by atoms with Crippen LogP contribution in [0.2, 0.25) is 0 Å². The number of aromatic nitrogens is 1. The zero-order chi connectivity index (χ0) is 13.1. The number of hydrogen-bond donors (Lipinski definition) is 2. The number of nitrogens with one attached hydrogen (secondary N) is 1. The number of esters is 1. The highest BCUT2D eigenvalue weighted by atomic mass is 19.1. The number of rotatable bonds is 4. The van der Waals surface area contributed by atoms with Gasteiger partial charge in [-0.25, -0.2) is 4.39 Å². The average Bonchev–Trinajstić information content (AvgIpc) is 2.70. The first-order chi connectivity index (χ1) is 8.60. The Kier molecular flexibility index (Phi) is 3.62. The molecule has 96 valence electrons. The first kappa shape index (κ1) is 12.6. The number of carbonyl (C=O) groups is 1. The van der Waals surface area contributed by atoms with E-state index in [9.17, 15) is 9.18 Å². The van der Waals surface area contributed by atoms with E-state index >= 15 is 0 Å². The topological polar surface area (TPSA) is 68.1 Å². The van der Waals surface area contributed by atoms with Gasteiger partial charge in [-0.2, -0.15) is 0 Å². The molecule has 18 heavy (non-hydrogen) atoms. The van der Waals surface area contributed by atoms with Gasteiger partial charge < -0.3 is 15.5 Å². The van der Waals surface area contributed by atoms with E-state index in [2.05, 4.69) is 4.98 Å². The summed E-state index contributed by atoms with van der Waals surface area (Å²) in [5, 5.41) is 0.765. The lowest BCUT2D eigenvalue weighted by molar-refractivity contribution is -0.144. The molecule has 0 fully saturated rings. The third-order valence-electron chi connectivity index (χ3n) is 2.67. The van der Waals surface area contributed by atoms with Crippen molar-refractivity contribution in [3.8, 4) is 0 Å². The van der Waals surface area contributed by atoms with Gasteiger partial charge in [0.05, 0.1) is 6.61 Å². The summed E-state index contributed by atoms with van der Waals surface area (Å²) in [6.07, 6.45) is 0.342. The fraction of sp³-hybridized carbons (Fsp3) is 0.308. The van der Waals surface area contributed by atoms with Gasteiger partial charge in [0, 0.05) is 23.0 Å². The predicted molar refractivity (Wildman–Crippen MR) is 66.6 cm³/mol. The molecule has 0 saturated carbocycles. The van der Waals surface area contributed by atoms with Crippen molar-refractivity contribution in [1.29, 1.82) is 0 Å². The number of H-pyrrole nitrogens is 1. The van der Waals surface area contributed by atoms with E-state index in [1.807, 2.05) is 0 Å². The van der Waals surface area contributed by atoms with E-state index in [4.69, 9.17) is 10.5 Å². The smallest absolute Gasteiger partial charge is 0.323 e. The Balaban J connectivity index is 2.14. The third kappa shape index (κ3) is 2.68. The maximum atomic E-state index is 13.0. The van der Waals surface area contributed by atoms with E-state index < -0.39 is 12.0 Å². The van der Waals surface area contributed by atoms with Crippen LogP contribution in [0, 0.1) is 5.82 Å². The minimum absolute atomic E-state index is 0.289. The molecule has 0 amide bonds. The number of hydrogen-bond acceptors (Lipinski definition) is 3. The van der Waals surface area contributed by atoms with Crippen LogP contribution in [-0.4, -0.2) is 23.6 Å². The van der Waals surface area contributed by atoms with E-state index in [0.29, 0.717) is 13.0 Å². The molecule has 0 aliphatic heterocycles. The predicted octanol–water partition coefficient (Wildman–Crippen LogP) is 1.74. The van der Waals surface area contributed by atoms with Crippen LogP contribution in [0.1, 0.15) is 12.6 Å². The summed E-state index contributed by atoms with van der Waals surface area (Å²) < 4.78 is 17.9. The Morgan fingerprint density at radius 3 is 3.00 bits per heavy atom. The average molecular weight is 250 g/mol. The van der Waals surface area contributed by atoms with E-state index in [-0.39, 0.29) is 5.82 Å². The lowest BCUT2D eigenvalue weighted by Crippen LogP contribution is -2.34. The number of fused-ring (bicyclic) bond motifs is 1. The zero-order valence-electron chi connectivity index (χ0n) is 10.1. The molecule has 0 bridgehead atoms. The lowest BCUT2D eigenvalue weighted by Gasteiger charge is -2.08. The second-order valence-corrected chi connectivity index (χ2v) is 4.09. The highest BCUT2D eigenvalue weighted by molar-refractivity contribution is 5.81. The van der Waals surface area contributed by atoms with Gasteiger partial charge in [-0.15, -0.1) is 0 Å². The molecule has 4 nitrogen and oxygen atoms in total. The molecule has 5 heteroatoms. The van der Waals surface area contributed by atoms with Gasteiger partial charge in [-0.3, -0.25) is 4.79 Å². The number of benzene rings is 1. The fourth-order valence-corrected chi connectivity index (χ4v) is 1.84. The normalized spacial score (nSPS) is 12.6. The molecule has 1 atom stereocenters. The molecule has 2 aromatic rings. The molecule has 2 rings (SSSR count). The van der Waals surface area contributed by atoms with Crippen LogP contribution in [-0.2, 0) is 16.0 Å². The minimum Gasteiger partial charge on any atom is -0.465 e. The Bertz CT molecular complexity index is 565. The summed E-state index contributed by atoms with van der Waals surface area (Å²) >= 11 is 0. The monoisotopic (exact) mass is 250 g/mol. The van der Waals surface area contributed by atoms with Crippen LogP contribution in [0.15, 0.2) is 24.3 Å². The van der Waals surface area contributed by atoms with Gasteiger partial charge in [0.15, 0.2) is 0 Å². The van der Waals surface area contributed by atoms with Gasteiger partial charge in [0.2, 0.25) is 0 Å². The van der Waals surface area contributed by atoms with Crippen molar-refractivity contribution in [2.75, 3.05) is 6.61 Å². The third-order valence-corrected chi connectivity index (χ3v) is 2.67. The molecule has 1 aromatic heterocycles. The van der Waals surface area contributed by atoms with Crippen LogP contribution < -0.4 is 5.73 Å². The Hall–Kier alpha value is -1.88. The zero-order valence-corrected chi connectivity index (χ0v) is 10.1. The summed E-state index contributed by atoms with van der Waals surface area (Å²) in [5.41, 5.74) is 7.33. The lowest BCUT2D eigenvalue weighted by atomic mass is 10.1. The molecule has 0 saturated heterocycles. The number of ether oxygens (including phenoxy) is 1. The molecular formula is C13H15FN2O2. The van der Waals surface area contributed by atoms with Crippen LogP contribution in [0.4, 0.5) is 4.39 Å². The molecule has 3 N–H and O–H groups in total. The van der Waals surface area contributed by atoms with Gasteiger partial charge in [-0.1, -0.05) is 0 Å². The minimum atomic E-state index is -0.706. The molecule has 1 heterocycles. The second-order valence-electron chi connectivity index (χ2n) is 4.09. The van der Waals surface area contributed by atoms with Crippen molar-refractivity contribution in [3.05, 3.63) is 35.8 Å². The van der Waals surface area contributed by atoms with Crippen molar-refractivity contribution < 1.29 is 13.9 Å². The van der Waals surface area contributed by atoms with Crippen molar-refractivity contribution in [2.24, 2.45) is 5.73 Å². The van der Waals surface area contributed by atoms with Crippen LogP contribution >= 0.6 is 0 Å². The number of halogens is 1. The van der Waals surface area contributed by atoms with Crippen LogP contribution in [0.5, 0.6) is 0 Å². The molecule has 0 unspecified atom stereocenters. The first-order valence-corrected chi connectivity index (χ1v) is 5.79. The quantitative estimate of drug-likeness (QED) is 0.812. The Morgan fingerprint density at radius 2 is 2.28 bits per heavy atom. The molecule has 0 aliphatic rings. The van der Waals surface area contributed by atoms with E-state index in [1.54, 1.807) is 19.1 Å². The Labute approximate surface area is 104 Å². The van der Waals surface area contributed by atoms with Crippen molar-refractivity contribution >= 4 is 16.9 Å². The van der Waals surface area contributed by atoms with Crippen molar-refractivity contribution in [1.82, 2.24) is 4.98 Å². The van der Waals surface area contributed by atoms with E-state index in [1.165, 1.54) is 12.1 Å². The maximum Gasteiger partial charge on any atom is 0.323 e. The SMILES string of the molecule is CCOC(=O)[C@H](N)Cc1cc2cc(F)ccc2[nH]1. The summed E-state index contributed by atoms with van der Waals surface area (Å²) in [4.78, 5) is 14.5. The largest absolute Gasteiger partial charge is 0.465 e. The Morgan fingerprint density at radius 1 is 1.50 bits per heavy atom. The highest BCUT2D eigenvalue weighted by Gasteiger charge is 2.16. The molecular weight excluding hydrogens is 235 g/mol.